The van der Waals surface area contributed by atoms with Crippen molar-refractivity contribution in [3.63, 3.8) is 0 Å². The van der Waals surface area contributed by atoms with E-state index < -0.39 is 68.3 Å². The number of amides is 1. The van der Waals surface area contributed by atoms with E-state index in [1.165, 1.54) is 11.7 Å². The summed E-state index contributed by atoms with van der Waals surface area (Å²) in [4.78, 5) is 49.0. The lowest BCUT2D eigenvalue weighted by Gasteiger charge is -2.44. The second-order valence-electron chi connectivity index (χ2n) is 21.3. The number of esters is 2. The van der Waals surface area contributed by atoms with Crippen molar-refractivity contribution in [2.24, 2.45) is 5.41 Å². The van der Waals surface area contributed by atoms with E-state index in [1.54, 1.807) is 51.2 Å². The standard InChI is InChI=1S/C54H66F3N7O7SSi/c1-34(68-10)45-38(23-17-27-58-45)46-40(31-53(8,9)33-69-73(52(5,6)7,36-19-13-11-14-20-36)37-21-15-12-16-22-37)39-29-35(25-26-43(39)64(46)32-54(55,56)57)47-61-44(63-72-47)30-42(60-50(67)71-51(2,3)4)49(66)70-48(65)41-24-18-28-59-62-41/h11-17,19-23,25-27,29,34,41-42,59,62H,18,24,28,30-33H2,1-10H3,(H,60,67)/t34-,41?,42-/m0/s1. The van der Waals surface area contributed by atoms with Gasteiger partial charge in [0.05, 0.1) is 17.5 Å². The first-order chi connectivity index (χ1) is 34.4. The van der Waals surface area contributed by atoms with Crippen molar-refractivity contribution >= 4 is 59.2 Å². The van der Waals surface area contributed by atoms with E-state index >= 15 is 0 Å². The molecule has 73 heavy (non-hydrogen) atoms. The van der Waals surface area contributed by atoms with Gasteiger partial charge in [0, 0.05) is 54.9 Å². The van der Waals surface area contributed by atoms with Gasteiger partial charge < -0.3 is 28.5 Å². The van der Waals surface area contributed by atoms with Crippen LogP contribution in [0.25, 0.3) is 32.7 Å². The van der Waals surface area contributed by atoms with Gasteiger partial charge in [0.15, 0.2) is 0 Å². The zero-order valence-electron chi connectivity index (χ0n) is 43.1. The SMILES string of the molecule is CO[C@@H](C)c1ncccc1-c1c(CC(C)(C)CO[Si](c2ccccc2)(c2ccccc2)C(C)(C)C)c2cc(-c3nc(C[C@H](NC(=O)OC(C)(C)C)C(=O)OC(=O)C4CCCNN4)ns3)ccc2n1CC(F)(F)F. The summed E-state index contributed by atoms with van der Waals surface area (Å²) in [6.07, 6.45) is -3.34. The first-order valence-electron chi connectivity index (χ1n) is 24.4. The van der Waals surface area contributed by atoms with E-state index in [0.29, 0.717) is 63.4 Å². The van der Waals surface area contributed by atoms with Crippen LogP contribution in [-0.4, -0.2) is 89.4 Å². The normalized spacial score (nSPS) is 15.7. The zero-order valence-corrected chi connectivity index (χ0v) is 44.9. The van der Waals surface area contributed by atoms with Crippen LogP contribution in [0.3, 0.4) is 0 Å². The van der Waals surface area contributed by atoms with Gasteiger partial charge in [0.2, 0.25) is 0 Å². The number of pyridine rings is 1. The van der Waals surface area contributed by atoms with Gasteiger partial charge in [-0.2, -0.15) is 17.5 Å². The molecule has 14 nitrogen and oxygen atoms in total. The number of hydrogen-bond donors (Lipinski definition) is 3. The molecule has 19 heteroatoms. The van der Waals surface area contributed by atoms with Gasteiger partial charge in [-0.25, -0.2) is 24.8 Å². The highest BCUT2D eigenvalue weighted by molar-refractivity contribution is 7.09. The molecule has 1 unspecified atom stereocenters. The number of halogens is 3. The summed E-state index contributed by atoms with van der Waals surface area (Å²) in [5, 5.41) is 5.36. The molecule has 4 heterocycles. The summed E-state index contributed by atoms with van der Waals surface area (Å²) in [6.45, 7) is 17.2. The first-order valence-corrected chi connectivity index (χ1v) is 27.1. The summed E-state index contributed by atoms with van der Waals surface area (Å²) in [5.41, 5.74) is 7.01. The van der Waals surface area contributed by atoms with Gasteiger partial charge in [0.1, 0.15) is 35.1 Å². The average Bonchev–Trinajstić information content (AvgIpc) is 3.92. The van der Waals surface area contributed by atoms with Gasteiger partial charge >= 0.3 is 24.2 Å². The lowest BCUT2D eigenvalue weighted by atomic mass is 9.84. The molecule has 0 radical (unpaired) electrons. The highest BCUT2D eigenvalue weighted by Gasteiger charge is 2.51. The van der Waals surface area contributed by atoms with Gasteiger partial charge in [0.25, 0.3) is 8.32 Å². The summed E-state index contributed by atoms with van der Waals surface area (Å²) in [5.74, 6) is -1.69. The Hall–Kier alpha value is -5.83. The van der Waals surface area contributed by atoms with Gasteiger partial charge in [-0.1, -0.05) is 95.3 Å². The molecule has 1 aliphatic heterocycles. The molecule has 0 spiro atoms. The molecule has 3 atom stereocenters. The minimum Gasteiger partial charge on any atom is -0.444 e. The summed E-state index contributed by atoms with van der Waals surface area (Å²) >= 11 is 1.01. The molecule has 1 fully saturated rings. The molecule has 0 aliphatic carbocycles. The molecule has 0 saturated carbocycles. The molecule has 7 rings (SSSR count). The molecular formula is C54H66F3N7O7SSi. The number of carbonyl (C=O) groups excluding carboxylic acids is 3. The van der Waals surface area contributed by atoms with Crippen LogP contribution in [-0.2, 0) is 47.6 Å². The number of nitrogens with one attached hydrogen (secondary N) is 3. The Morgan fingerprint density at radius 3 is 2.18 bits per heavy atom. The van der Waals surface area contributed by atoms with E-state index in [1.807, 2.05) is 49.4 Å². The number of alkyl carbamates (subject to hydrolysis) is 1. The highest BCUT2D eigenvalue weighted by atomic mass is 32.1. The topological polar surface area (TPSA) is 168 Å². The summed E-state index contributed by atoms with van der Waals surface area (Å²) in [7, 11) is -1.51. The van der Waals surface area contributed by atoms with Crippen LogP contribution in [0.15, 0.2) is 97.2 Å². The first kappa shape index (κ1) is 54.9. The number of benzene rings is 3. The molecule has 3 aromatic heterocycles. The van der Waals surface area contributed by atoms with Gasteiger partial charge in [-0.05, 0) is 115 Å². The summed E-state index contributed by atoms with van der Waals surface area (Å²) in [6, 6.07) is 27.1. The number of alkyl halides is 3. The summed E-state index contributed by atoms with van der Waals surface area (Å²) < 4.78 is 74.7. The van der Waals surface area contributed by atoms with Crippen LogP contribution in [0.5, 0.6) is 0 Å². The molecule has 1 aliphatic rings. The highest BCUT2D eigenvalue weighted by Crippen LogP contribution is 2.44. The number of fused-ring (bicyclic) bond motifs is 1. The molecule has 0 bridgehead atoms. The predicted molar refractivity (Wildman–Crippen MR) is 279 cm³/mol. The second-order valence-corrected chi connectivity index (χ2v) is 26.3. The number of carbonyl (C=O) groups is 3. The molecule has 1 amide bonds. The minimum atomic E-state index is -4.61. The van der Waals surface area contributed by atoms with Crippen molar-refractivity contribution in [1.29, 1.82) is 0 Å². The molecular weight excluding hydrogens is 976 g/mol. The van der Waals surface area contributed by atoms with E-state index in [-0.39, 0.29) is 30.3 Å². The van der Waals surface area contributed by atoms with Crippen LogP contribution in [0, 0.1) is 5.41 Å². The maximum Gasteiger partial charge on any atom is 0.408 e. The minimum absolute atomic E-state index is 0.147. The third-order valence-corrected chi connectivity index (χ3v) is 18.5. The molecule has 3 N–H and O–H groups in total. The Bertz CT molecular complexity index is 2840. The van der Waals surface area contributed by atoms with E-state index in [2.05, 4.69) is 84.4 Å². The van der Waals surface area contributed by atoms with E-state index in [4.69, 9.17) is 23.6 Å². The van der Waals surface area contributed by atoms with Crippen LogP contribution in [0.1, 0.15) is 98.3 Å². The number of hydrazine groups is 1. The van der Waals surface area contributed by atoms with Crippen molar-refractivity contribution in [3.05, 3.63) is 114 Å². The number of nitrogens with zero attached hydrogens (tertiary/aromatic N) is 4. The molecule has 390 valence electrons. The molecule has 3 aromatic carbocycles. The Morgan fingerprint density at radius 1 is 0.918 bits per heavy atom. The fraction of sp³-hybridized carbons (Fsp3) is 0.444. The third kappa shape index (κ3) is 13.1. The number of methoxy groups -OCH3 is 1. The molecule has 6 aromatic rings. The van der Waals surface area contributed by atoms with Gasteiger partial charge in [-0.15, -0.1) is 0 Å². The zero-order chi connectivity index (χ0) is 52.9. The number of ether oxygens (including phenoxy) is 3. The van der Waals surface area contributed by atoms with E-state index in [9.17, 15) is 27.6 Å². The maximum atomic E-state index is 15.0. The van der Waals surface area contributed by atoms with Gasteiger partial charge in [-0.3, -0.25) is 10.4 Å². The fourth-order valence-corrected chi connectivity index (χ4v) is 14.8. The Labute approximate surface area is 430 Å². The van der Waals surface area contributed by atoms with Crippen LogP contribution in [0.2, 0.25) is 5.04 Å². The lowest BCUT2D eigenvalue weighted by Crippen LogP contribution is -2.67. The lowest BCUT2D eigenvalue weighted by molar-refractivity contribution is -0.163. The third-order valence-electron chi connectivity index (χ3n) is 12.7. The average molecular weight is 1040 g/mol. The largest absolute Gasteiger partial charge is 0.444 e. The van der Waals surface area contributed by atoms with Crippen molar-refractivity contribution < 1.29 is 46.2 Å². The fourth-order valence-electron chi connectivity index (χ4n) is 9.40. The monoisotopic (exact) mass is 1040 g/mol. The van der Waals surface area contributed by atoms with Crippen LogP contribution in [0.4, 0.5) is 18.0 Å². The Balaban J connectivity index is 1.32. The molecule has 1 saturated heterocycles. The number of hydrogen-bond acceptors (Lipinski definition) is 13. The van der Waals surface area contributed by atoms with Crippen molar-refractivity contribution in [3.8, 4) is 21.8 Å². The Morgan fingerprint density at radius 2 is 1.59 bits per heavy atom. The Kier molecular flexibility index (Phi) is 16.8. The predicted octanol–water partition coefficient (Wildman–Crippen LogP) is 9.40. The smallest absolute Gasteiger partial charge is 0.408 e. The van der Waals surface area contributed by atoms with E-state index in [0.717, 1.165) is 21.9 Å². The maximum absolute atomic E-state index is 15.0. The van der Waals surface area contributed by atoms with Crippen molar-refractivity contribution in [2.45, 2.75) is 130 Å². The quantitative estimate of drug-likeness (QED) is 0.0451. The second kappa shape index (κ2) is 22.3. The van der Waals surface area contributed by atoms with Crippen molar-refractivity contribution in [2.75, 3.05) is 20.3 Å². The number of rotatable bonds is 17. The van der Waals surface area contributed by atoms with Crippen molar-refractivity contribution in [1.82, 2.24) is 35.1 Å². The van der Waals surface area contributed by atoms with Crippen LogP contribution < -0.4 is 26.5 Å². The number of aromatic nitrogens is 4. The van der Waals surface area contributed by atoms with Crippen LogP contribution >= 0.6 is 11.5 Å².